The average molecular weight is 484 g/mol. The Labute approximate surface area is 202 Å². The van der Waals surface area contributed by atoms with E-state index in [9.17, 15) is 14.4 Å². The van der Waals surface area contributed by atoms with Crippen LogP contribution in [0.1, 0.15) is 36.5 Å². The molecule has 3 rings (SSSR count). The van der Waals surface area contributed by atoms with Crippen LogP contribution >= 0.6 is 11.8 Å². The van der Waals surface area contributed by atoms with Crippen molar-refractivity contribution in [3.8, 4) is 5.75 Å². The number of esters is 1. The third-order valence-corrected chi connectivity index (χ3v) is 5.97. The van der Waals surface area contributed by atoms with E-state index in [1.165, 1.54) is 6.07 Å². The van der Waals surface area contributed by atoms with Crippen LogP contribution in [0.25, 0.3) is 11.0 Å². The molecule has 1 atom stereocenters. The number of amides is 1. The lowest BCUT2D eigenvalue weighted by molar-refractivity contribution is -0.136. The van der Waals surface area contributed by atoms with Gasteiger partial charge in [0.05, 0.1) is 0 Å². The van der Waals surface area contributed by atoms with Crippen molar-refractivity contribution in [2.75, 3.05) is 12.0 Å². The second kappa shape index (κ2) is 12.3. The van der Waals surface area contributed by atoms with Crippen LogP contribution in [0.3, 0.4) is 0 Å². The maximum atomic E-state index is 13.0. The van der Waals surface area contributed by atoms with Crippen molar-refractivity contribution in [1.29, 1.82) is 0 Å². The number of rotatable bonds is 10. The van der Waals surface area contributed by atoms with Gasteiger partial charge in [-0.15, -0.1) is 0 Å². The molecule has 0 aliphatic carbocycles. The van der Waals surface area contributed by atoms with Crippen LogP contribution in [-0.4, -0.2) is 30.1 Å². The van der Waals surface area contributed by atoms with E-state index in [-0.39, 0.29) is 12.4 Å². The van der Waals surface area contributed by atoms with Crippen molar-refractivity contribution in [1.82, 2.24) is 5.32 Å². The summed E-state index contributed by atoms with van der Waals surface area (Å²) < 4.78 is 16.3. The summed E-state index contributed by atoms with van der Waals surface area (Å²) in [7, 11) is 0. The van der Waals surface area contributed by atoms with E-state index in [4.69, 9.17) is 13.9 Å². The number of carbonyl (C=O) groups is 2. The summed E-state index contributed by atoms with van der Waals surface area (Å²) >= 11 is 1.55. The number of nitrogens with one attached hydrogen (secondary N) is 1. The molecule has 0 aliphatic heterocycles. The lowest BCUT2D eigenvalue weighted by Gasteiger charge is -2.18. The summed E-state index contributed by atoms with van der Waals surface area (Å²) in [5, 5.41) is 3.43. The second-order valence-corrected chi connectivity index (χ2v) is 8.85. The average Bonchev–Trinajstić information content (AvgIpc) is 2.83. The summed E-state index contributed by atoms with van der Waals surface area (Å²) in [4.78, 5) is 37.3. The minimum atomic E-state index is -0.885. The summed E-state index contributed by atoms with van der Waals surface area (Å²) in [6, 6.07) is 13.4. The number of aryl methyl sites for hydroxylation is 2. The molecular formula is C26H29NO6S. The first-order valence-corrected chi connectivity index (χ1v) is 12.6. The van der Waals surface area contributed by atoms with Crippen LogP contribution in [0.5, 0.6) is 5.75 Å². The molecular weight excluding hydrogens is 454 g/mol. The quantitative estimate of drug-likeness (QED) is 0.246. The van der Waals surface area contributed by atoms with Gasteiger partial charge in [0, 0.05) is 17.0 Å². The zero-order valence-corrected chi connectivity index (χ0v) is 20.4. The van der Waals surface area contributed by atoms with E-state index in [1.54, 1.807) is 30.8 Å². The summed E-state index contributed by atoms with van der Waals surface area (Å²) in [5.74, 6) is 0.313. The first-order valence-electron chi connectivity index (χ1n) is 11.2. The molecule has 180 valence electrons. The standard InChI is InChI=1S/C26H29NO6S/c1-4-8-19-15-23(28)33-24-17(2)22(12-11-20(19)24)32-25(29)21(13-14-34-3)27-26(30)31-16-18-9-6-5-7-10-18/h5-7,9-12,15,21H,4,8,13-14,16H2,1-3H3,(H,27,30)/t21-/m1/s1. The maximum absolute atomic E-state index is 13.0. The molecule has 0 aliphatic rings. The third kappa shape index (κ3) is 6.63. The largest absolute Gasteiger partial charge is 0.445 e. The Morgan fingerprint density at radius 1 is 1.15 bits per heavy atom. The van der Waals surface area contributed by atoms with Gasteiger partial charge in [-0.1, -0.05) is 43.7 Å². The molecule has 7 nitrogen and oxygen atoms in total. The van der Waals surface area contributed by atoms with Crippen molar-refractivity contribution in [3.63, 3.8) is 0 Å². The molecule has 1 N–H and O–H groups in total. The van der Waals surface area contributed by atoms with Crippen LogP contribution in [0.2, 0.25) is 0 Å². The number of thioether (sulfide) groups is 1. The van der Waals surface area contributed by atoms with E-state index >= 15 is 0 Å². The third-order valence-electron chi connectivity index (χ3n) is 5.33. The highest BCUT2D eigenvalue weighted by Crippen LogP contribution is 2.29. The van der Waals surface area contributed by atoms with Crippen molar-refractivity contribution in [2.45, 2.75) is 45.8 Å². The Bertz CT molecular complexity index is 1190. The summed E-state index contributed by atoms with van der Waals surface area (Å²) in [6.45, 7) is 3.87. The number of benzene rings is 2. The van der Waals surface area contributed by atoms with Gasteiger partial charge in [0.25, 0.3) is 0 Å². The zero-order chi connectivity index (χ0) is 24.5. The molecule has 34 heavy (non-hydrogen) atoms. The molecule has 0 radical (unpaired) electrons. The van der Waals surface area contributed by atoms with E-state index in [1.807, 2.05) is 43.5 Å². The smallest absolute Gasteiger partial charge is 0.408 e. The van der Waals surface area contributed by atoms with Crippen molar-refractivity contribution in [2.24, 2.45) is 0 Å². The fourth-order valence-electron chi connectivity index (χ4n) is 3.57. The van der Waals surface area contributed by atoms with Gasteiger partial charge in [-0.25, -0.2) is 14.4 Å². The number of ether oxygens (including phenoxy) is 2. The van der Waals surface area contributed by atoms with E-state index < -0.39 is 23.7 Å². The minimum absolute atomic E-state index is 0.0971. The highest BCUT2D eigenvalue weighted by Gasteiger charge is 2.24. The topological polar surface area (TPSA) is 94.8 Å². The number of alkyl carbamates (subject to hydrolysis) is 1. The Hall–Kier alpha value is -3.26. The fourth-order valence-corrected chi connectivity index (χ4v) is 4.04. The molecule has 2 aromatic carbocycles. The van der Waals surface area contributed by atoms with Gasteiger partial charge in [-0.3, -0.25) is 0 Å². The molecule has 1 aromatic heterocycles. The lowest BCUT2D eigenvalue weighted by atomic mass is 10.0. The summed E-state index contributed by atoms with van der Waals surface area (Å²) in [5.41, 5.74) is 2.25. The van der Waals surface area contributed by atoms with Crippen LogP contribution in [0.4, 0.5) is 4.79 Å². The maximum Gasteiger partial charge on any atom is 0.408 e. The van der Waals surface area contributed by atoms with E-state index in [2.05, 4.69) is 5.32 Å². The highest BCUT2D eigenvalue weighted by molar-refractivity contribution is 7.98. The van der Waals surface area contributed by atoms with Gasteiger partial charge in [-0.05, 0) is 55.0 Å². The predicted molar refractivity (Wildman–Crippen MR) is 133 cm³/mol. The van der Waals surface area contributed by atoms with E-state index in [0.717, 1.165) is 29.4 Å². The molecule has 1 amide bonds. The molecule has 3 aromatic rings. The Morgan fingerprint density at radius 3 is 2.62 bits per heavy atom. The zero-order valence-electron chi connectivity index (χ0n) is 19.6. The van der Waals surface area contributed by atoms with Gasteiger partial charge in [0.2, 0.25) is 0 Å². The molecule has 1 heterocycles. The predicted octanol–water partition coefficient (Wildman–Crippen LogP) is 5.01. The molecule has 0 fully saturated rings. The van der Waals surface area contributed by atoms with Crippen molar-refractivity contribution < 1.29 is 23.5 Å². The highest BCUT2D eigenvalue weighted by atomic mass is 32.2. The van der Waals surface area contributed by atoms with Crippen LogP contribution in [0, 0.1) is 6.92 Å². The fraction of sp³-hybridized carbons (Fsp3) is 0.346. The van der Waals surface area contributed by atoms with Gasteiger partial charge in [0.1, 0.15) is 24.0 Å². The van der Waals surface area contributed by atoms with Gasteiger partial charge < -0.3 is 19.2 Å². The molecule has 0 bridgehead atoms. The van der Waals surface area contributed by atoms with Crippen LogP contribution in [0.15, 0.2) is 57.7 Å². The first kappa shape index (κ1) is 25.4. The lowest BCUT2D eigenvalue weighted by Crippen LogP contribution is -2.43. The molecule has 0 spiro atoms. The Morgan fingerprint density at radius 2 is 1.91 bits per heavy atom. The van der Waals surface area contributed by atoms with Gasteiger partial charge in [0.15, 0.2) is 0 Å². The number of carbonyl (C=O) groups excluding carboxylic acids is 2. The van der Waals surface area contributed by atoms with Crippen molar-refractivity contribution in [3.05, 3.63) is 75.6 Å². The van der Waals surface area contributed by atoms with Crippen LogP contribution in [-0.2, 0) is 22.6 Å². The van der Waals surface area contributed by atoms with Gasteiger partial charge in [-0.2, -0.15) is 11.8 Å². The molecule has 0 unspecified atom stereocenters. The SMILES string of the molecule is CCCc1cc(=O)oc2c(C)c(OC(=O)[C@@H](CCSC)NC(=O)OCc3ccccc3)ccc12. The molecule has 8 heteroatoms. The monoisotopic (exact) mass is 483 g/mol. The van der Waals surface area contributed by atoms with Gasteiger partial charge >= 0.3 is 17.7 Å². The minimum Gasteiger partial charge on any atom is -0.445 e. The Balaban J connectivity index is 1.74. The summed E-state index contributed by atoms with van der Waals surface area (Å²) in [6.07, 6.45) is 3.23. The first-order chi connectivity index (χ1) is 16.4. The number of hydrogen-bond acceptors (Lipinski definition) is 7. The number of hydrogen-bond donors (Lipinski definition) is 1. The van der Waals surface area contributed by atoms with Crippen molar-refractivity contribution >= 4 is 34.8 Å². The Kier molecular flexibility index (Phi) is 9.16. The second-order valence-electron chi connectivity index (χ2n) is 7.87. The molecule has 0 saturated carbocycles. The normalized spacial score (nSPS) is 11.7. The molecule has 0 saturated heterocycles. The van der Waals surface area contributed by atoms with E-state index in [0.29, 0.717) is 23.3 Å². The number of fused-ring (bicyclic) bond motifs is 1. The van der Waals surface area contributed by atoms with Crippen LogP contribution < -0.4 is 15.7 Å².